The smallest absolute Gasteiger partial charge is 0.231 e. The minimum atomic E-state index is -3.14. The fraction of sp³-hybridized carbons (Fsp3) is 0.318. The van der Waals surface area contributed by atoms with Gasteiger partial charge in [0.15, 0.2) is 21.5 Å². The number of pyridine rings is 1. The highest BCUT2D eigenvalue weighted by Crippen LogP contribution is 2.43. The van der Waals surface area contributed by atoms with E-state index in [9.17, 15) is 17.6 Å². The number of nitrogens with one attached hydrogen (secondary N) is 2. The molecule has 1 aliphatic carbocycles. The summed E-state index contributed by atoms with van der Waals surface area (Å²) in [4.78, 5) is 13.7. The van der Waals surface area contributed by atoms with Crippen LogP contribution in [0.25, 0.3) is 27.5 Å². The first-order valence-electron chi connectivity index (χ1n) is 11.0. The lowest BCUT2D eigenvalue weighted by atomic mass is 10.0. The van der Waals surface area contributed by atoms with Crippen molar-refractivity contribution in [2.45, 2.75) is 12.6 Å². The van der Waals surface area contributed by atoms with Crippen molar-refractivity contribution < 1.29 is 22.0 Å². The number of fused-ring (bicyclic) bond motifs is 2. The molecule has 0 spiro atoms. The van der Waals surface area contributed by atoms with Gasteiger partial charge in [-0.05, 0) is 24.1 Å². The molecule has 0 radical (unpaired) electrons. The van der Waals surface area contributed by atoms with Gasteiger partial charge < -0.3 is 10.2 Å². The summed E-state index contributed by atoms with van der Waals surface area (Å²) in [6.07, 6.45) is 2.32. The van der Waals surface area contributed by atoms with E-state index in [2.05, 4.69) is 20.6 Å². The number of sulfone groups is 1. The van der Waals surface area contributed by atoms with Crippen molar-refractivity contribution >= 4 is 55.3 Å². The second-order valence-corrected chi connectivity index (χ2v) is 11.5. The molecule has 0 unspecified atom stereocenters. The molecule has 3 aromatic heterocycles. The van der Waals surface area contributed by atoms with Crippen LogP contribution in [0.3, 0.4) is 0 Å². The molecule has 2 N–H and O–H groups in total. The molecule has 35 heavy (non-hydrogen) atoms. The van der Waals surface area contributed by atoms with Crippen molar-refractivity contribution in [3.8, 4) is 11.1 Å². The van der Waals surface area contributed by atoms with Crippen molar-refractivity contribution in [3.05, 3.63) is 41.4 Å². The number of hydrogen-bond donors (Lipinski definition) is 2. The molecule has 182 valence electrons. The van der Waals surface area contributed by atoms with Crippen molar-refractivity contribution in [3.63, 3.8) is 0 Å². The third-order valence-electron chi connectivity index (χ3n) is 6.48. The van der Waals surface area contributed by atoms with Gasteiger partial charge >= 0.3 is 0 Å². The monoisotopic (exact) mass is 520 g/mol. The van der Waals surface area contributed by atoms with Crippen LogP contribution in [-0.2, 0) is 14.6 Å². The lowest BCUT2D eigenvalue weighted by molar-refractivity contribution is -0.117. The van der Waals surface area contributed by atoms with Crippen LogP contribution in [0.5, 0.6) is 0 Å². The lowest BCUT2D eigenvalue weighted by Crippen LogP contribution is -2.40. The van der Waals surface area contributed by atoms with E-state index >= 15 is 4.39 Å². The molecule has 1 aliphatic heterocycles. The van der Waals surface area contributed by atoms with Gasteiger partial charge in [-0.2, -0.15) is 10.2 Å². The van der Waals surface area contributed by atoms with Crippen LogP contribution in [-0.4, -0.2) is 64.9 Å². The van der Waals surface area contributed by atoms with Crippen LogP contribution in [0.4, 0.5) is 20.3 Å². The van der Waals surface area contributed by atoms with Crippen LogP contribution in [0.1, 0.15) is 6.42 Å². The Bertz CT molecular complexity index is 1600. The SMILES string of the molecule is O=C(Nc1cc2cc(-c3c(Cl)c(F)c(N4CCS(=O)(=O)CC4)c4[nH]ncc34)ccn2n1)[C@@H]1C[C@@H]1F. The maximum absolute atomic E-state index is 15.6. The van der Waals surface area contributed by atoms with E-state index in [0.717, 1.165) is 0 Å². The van der Waals surface area contributed by atoms with Crippen molar-refractivity contribution in [2.24, 2.45) is 5.92 Å². The zero-order chi connectivity index (χ0) is 24.5. The maximum atomic E-state index is 15.6. The molecule has 2 atom stereocenters. The molecule has 4 heterocycles. The Labute approximate surface area is 203 Å². The second kappa shape index (κ2) is 7.89. The van der Waals surface area contributed by atoms with Gasteiger partial charge in [0.25, 0.3) is 0 Å². The van der Waals surface area contributed by atoms with Crippen molar-refractivity contribution in [1.29, 1.82) is 0 Å². The molecule has 1 amide bonds. The van der Waals surface area contributed by atoms with E-state index < -0.39 is 33.7 Å². The summed E-state index contributed by atoms with van der Waals surface area (Å²) in [5.74, 6) is -1.55. The summed E-state index contributed by atoms with van der Waals surface area (Å²) >= 11 is 6.55. The number of carbonyl (C=O) groups is 1. The first-order valence-corrected chi connectivity index (χ1v) is 13.2. The van der Waals surface area contributed by atoms with E-state index in [-0.39, 0.29) is 47.5 Å². The Hall–Kier alpha value is -3.25. The van der Waals surface area contributed by atoms with E-state index in [1.54, 1.807) is 35.5 Å². The van der Waals surface area contributed by atoms with Gasteiger partial charge in [-0.15, -0.1) is 0 Å². The number of H-pyrrole nitrogens is 1. The maximum Gasteiger partial charge on any atom is 0.231 e. The number of halogens is 3. The number of carbonyl (C=O) groups excluding carboxylic acids is 1. The Morgan fingerprint density at radius 1 is 1.26 bits per heavy atom. The topological polar surface area (TPSA) is 112 Å². The van der Waals surface area contributed by atoms with Gasteiger partial charge in [-0.3, -0.25) is 9.89 Å². The Morgan fingerprint density at radius 2 is 2.00 bits per heavy atom. The molecule has 1 saturated carbocycles. The molecular formula is C22H19ClF2N6O3S. The van der Waals surface area contributed by atoms with Gasteiger partial charge in [0.1, 0.15) is 11.9 Å². The van der Waals surface area contributed by atoms with E-state index in [1.165, 1.54) is 4.52 Å². The Morgan fingerprint density at radius 3 is 2.71 bits per heavy atom. The number of alkyl halides is 1. The van der Waals surface area contributed by atoms with Crippen molar-refractivity contribution in [1.82, 2.24) is 19.8 Å². The molecule has 2 fully saturated rings. The quantitative estimate of drug-likeness (QED) is 0.427. The number of hydrogen-bond acceptors (Lipinski definition) is 6. The Kier molecular flexibility index (Phi) is 5.01. The largest absolute Gasteiger partial charge is 0.365 e. The molecule has 6 rings (SSSR count). The lowest BCUT2D eigenvalue weighted by Gasteiger charge is -2.30. The number of aromatic nitrogens is 4. The van der Waals surface area contributed by atoms with Gasteiger partial charge in [-0.25, -0.2) is 21.7 Å². The van der Waals surface area contributed by atoms with E-state index in [0.29, 0.717) is 27.5 Å². The molecule has 1 saturated heterocycles. The van der Waals surface area contributed by atoms with Gasteiger partial charge in [-0.1, -0.05) is 11.6 Å². The highest BCUT2D eigenvalue weighted by atomic mass is 35.5. The molecule has 0 bridgehead atoms. The minimum Gasteiger partial charge on any atom is -0.365 e. The summed E-state index contributed by atoms with van der Waals surface area (Å²) in [7, 11) is -3.14. The van der Waals surface area contributed by atoms with Gasteiger partial charge in [0, 0.05) is 36.3 Å². The summed E-state index contributed by atoms with van der Waals surface area (Å²) in [6.45, 7) is 0.312. The molecular weight excluding hydrogens is 502 g/mol. The zero-order valence-electron chi connectivity index (χ0n) is 18.1. The first kappa shape index (κ1) is 22.2. The van der Waals surface area contributed by atoms with Crippen LogP contribution in [0, 0.1) is 11.7 Å². The fourth-order valence-corrected chi connectivity index (χ4v) is 5.98. The number of amides is 1. The Balaban J connectivity index is 1.39. The average Bonchev–Trinajstić information content (AvgIpc) is 3.17. The highest BCUT2D eigenvalue weighted by molar-refractivity contribution is 7.91. The summed E-state index contributed by atoms with van der Waals surface area (Å²) in [5.41, 5.74) is 2.26. The molecule has 4 aromatic rings. The summed E-state index contributed by atoms with van der Waals surface area (Å²) < 4.78 is 54.0. The van der Waals surface area contributed by atoms with E-state index in [1.807, 2.05) is 0 Å². The minimum absolute atomic E-state index is 0.0646. The second-order valence-electron chi connectivity index (χ2n) is 8.81. The molecule has 13 heteroatoms. The number of nitrogens with zero attached hydrogens (tertiary/aromatic N) is 4. The summed E-state index contributed by atoms with van der Waals surface area (Å²) in [6, 6.07) is 5.10. The highest BCUT2D eigenvalue weighted by Gasteiger charge is 2.43. The third-order valence-corrected chi connectivity index (χ3v) is 8.44. The fourth-order valence-electron chi connectivity index (χ4n) is 4.48. The van der Waals surface area contributed by atoms with Crippen LogP contribution >= 0.6 is 11.6 Å². The number of aromatic amines is 1. The third kappa shape index (κ3) is 3.80. The van der Waals surface area contributed by atoms with Crippen LogP contribution in [0.2, 0.25) is 5.02 Å². The van der Waals surface area contributed by atoms with E-state index in [4.69, 9.17) is 11.6 Å². The normalized spacial score (nSPS) is 21.5. The molecule has 9 nitrogen and oxygen atoms in total. The predicted molar refractivity (Wildman–Crippen MR) is 128 cm³/mol. The number of rotatable bonds is 4. The molecule has 1 aromatic carbocycles. The predicted octanol–water partition coefficient (Wildman–Crippen LogP) is 3.20. The zero-order valence-corrected chi connectivity index (χ0v) is 19.7. The van der Waals surface area contributed by atoms with Gasteiger partial charge in [0.2, 0.25) is 5.91 Å². The van der Waals surface area contributed by atoms with Crippen LogP contribution < -0.4 is 10.2 Å². The molecule has 2 aliphatic rings. The first-order chi connectivity index (χ1) is 16.7. The number of benzene rings is 1. The number of anilines is 2. The van der Waals surface area contributed by atoms with Crippen molar-refractivity contribution in [2.75, 3.05) is 34.8 Å². The van der Waals surface area contributed by atoms with Gasteiger partial charge in [0.05, 0.1) is 39.7 Å². The average molecular weight is 521 g/mol. The summed E-state index contributed by atoms with van der Waals surface area (Å²) in [5, 5.41) is 14.3. The standard InChI is InChI=1S/C22H19ClF2N6O3S/c23-18-17(11-1-2-31-12(7-11)8-16(29-31)27-22(32)13-9-15(13)24)14-10-26-28-20(14)21(19(18)25)30-3-5-35(33,34)6-4-30/h1-2,7-8,10,13,15H,3-6,9H2,(H,26,28)(H,27,29,32)/t13-,15+/m1/s1. The van der Waals surface area contributed by atoms with Crippen LogP contribution in [0.15, 0.2) is 30.6 Å².